The molecular weight excluding hydrogens is 476 g/mol. The van der Waals surface area contributed by atoms with E-state index in [4.69, 9.17) is 23.7 Å². The van der Waals surface area contributed by atoms with E-state index in [9.17, 15) is 4.79 Å². The van der Waals surface area contributed by atoms with E-state index in [1.807, 2.05) is 33.0 Å². The minimum absolute atomic E-state index is 0.00523. The topological polar surface area (TPSA) is 97.2 Å². The fraction of sp³-hybridized carbons (Fsp3) is 0.519. The van der Waals surface area contributed by atoms with Gasteiger partial charge in [0.05, 0.1) is 38.4 Å². The summed E-state index contributed by atoms with van der Waals surface area (Å²) in [7, 11) is 5.04. The molecule has 0 spiro atoms. The summed E-state index contributed by atoms with van der Waals surface area (Å²) in [4.78, 5) is 22.9. The van der Waals surface area contributed by atoms with E-state index in [2.05, 4.69) is 43.8 Å². The average Bonchev–Trinajstić information content (AvgIpc) is 3.55. The van der Waals surface area contributed by atoms with Gasteiger partial charge in [-0.3, -0.25) is 0 Å². The number of hydrogen-bond donors (Lipinski definition) is 0. The molecule has 37 heavy (non-hydrogen) atoms. The third-order valence-electron chi connectivity index (χ3n) is 7.12. The van der Waals surface area contributed by atoms with Crippen LogP contribution in [0.15, 0.2) is 42.9 Å². The number of carbonyl (C=O) groups excluding carboxylic acids is 1. The van der Waals surface area contributed by atoms with E-state index >= 15 is 0 Å². The molecule has 1 saturated heterocycles. The van der Waals surface area contributed by atoms with Crippen molar-refractivity contribution in [3.8, 4) is 5.75 Å². The lowest BCUT2D eigenvalue weighted by atomic mass is 10.1. The van der Waals surface area contributed by atoms with Gasteiger partial charge in [-0.25, -0.2) is 14.8 Å². The zero-order valence-electron chi connectivity index (χ0n) is 21.9. The fourth-order valence-electron chi connectivity index (χ4n) is 5.45. The SMILES string of the molecule is COC(=O)COC[C@H]1C[C@@H](n2ccc3c(N(C)Cc4ccc(OC)cc4)ncnc32)[C@@H]2OC(C)(C)O[C@H]12. The van der Waals surface area contributed by atoms with Crippen LogP contribution < -0.4 is 9.64 Å². The molecule has 10 nitrogen and oxygen atoms in total. The van der Waals surface area contributed by atoms with Crippen LogP contribution in [0.5, 0.6) is 5.75 Å². The van der Waals surface area contributed by atoms with Crippen LogP contribution in [-0.4, -0.2) is 73.0 Å². The molecular formula is C27H34N4O6. The van der Waals surface area contributed by atoms with Gasteiger partial charge >= 0.3 is 5.97 Å². The first-order valence-corrected chi connectivity index (χ1v) is 12.5. The van der Waals surface area contributed by atoms with Crippen LogP contribution in [-0.2, 0) is 30.3 Å². The van der Waals surface area contributed by atoms with E-state index < -0.39 is 11.8 Å². The highest BCUT2D eigenvalue weighted by Gasteiger charge is 2.54. The number of esters is 1. The molecule has 0 N–H and O–H groups in total. The van der Waals surface area contributed by atoms with Crippen molar-refractivity contribution in [1.29, 1.82) is 0 Å². The molecule has 0 amide bonds. The Labute approximate surface area is 216 Å². The summed E-state index contributed by atoms with van der Waals surface area (Å²) in [5.74, 6) is 0.664. The lowest BCUT2D eigenvalue weighted by molar-refractivity contribution is -0.164. The molecule has 4 atom stereocenters. The maximum absolute atomic E-state index is 11.5. The Kier molecular flexibility index (Phi) is 7.06. The molecule has 2 aromatic heterocycles. The zero-order valence-corrected chi connectivity index (χ0v) is 21.9. The van der Waals surface area contributed by atoms with E-state index in [1.54, 1.807) is 13.4 Å². The minimum Gasteiger partial charge on any atom is -0.497 e. The normalized spacial score (nSPS) is 24.2. The molecule has 0 unspecified atom stereocenters. The van der Waals surface area contributed by atoms with Crippen molar-refractivity contribution in [3.63, 3.8) is 0 Å². The lowest BCUT2D eigenvalue weighted by Crippen LogP contribution is -2.29. The smallest absolute Gasteiger partial charge is 0.331 e. The maximum Gasteiger partial charge on any atom is 0.331 e. The Morgan fingerprint density at radius 1 is 1.14 bits per heavy atom. The predicted octanol–water partition coefficient (Wildman–Crippen LogP) is 3.35. The highest BCUT2D eigenvalue weighted by molar-refractivity contribution is 5.87. The van der Waals surface area contributed by atoms with Crippen molar-refractivity contribution >= 4 is 22.8 Å². The molecule has 0 radical (unpaired) electrons. The van der Waals surface area contributed by atoms with Gasteiger partial charge in [0.2, 0.25) is 0 Å². The van der Waals surface area contributed by atoms with Crippen LogP contribution in [0.4, 0.5) is 5.82 Å². The predicted molar refractivity (Wildman–Crippen MR) is 136 cm³/mol. The summed E-state index contributed by atoms with van der Waals surface area (Å²) in [5.41, 5.74) is 2.00. The number of carbonyl (C=O) groups is 1. The molecule has 0 bridgehead atoms. The fourth-order valence-corrected chi connectivity index (χ4v) is 5.45. The van der Waals surface area contributed by atoms with Crippen LogP contribution in [0.25, 0.3) is 11.0 Å². The summed E-state index contributed by atoms with van der Waals surface area (Å²) in [5, 5.41) is 0.971. The molecule has 1 aliphatic heterocycles. The molecule has 3 aromatic rings. The molecule has 198 valence electrons. The summed E-state index contributed by atoms with van der Waals surface area (Å²) in [6, 6.07) is 10.1. The van der Waals surface area contributed by atoms with Gasteiger partial charge in [0.15, 0.2) is 5.79 Å². The number of anilines is 1. The van der Waals surface area contributed by atoms with Crippen molar-refractivity contribution in [1.82, 2.24) is 14.5 Å². The number of ether oxygens (including phenoxy) is 5. The number of aromatic nitrogens is 3. The van der Waals surface area contributed by atoms with Gasteiger partial charge in [0.1, 0.15) is 36.3 Å². The van der Waals surface area contributed by atoms with Crippen LogP contribution in [0.2, 0.25) is 0 Å². The van der Waals surface area contributed by atoms with E-state index in [0.29, 0.717) is 13.2 Å². The number of nitrogens with zero attached hydrogens (tertiary/aromatic N) is 4. The lowest BCUT2D eigenvalue weighted by Gasteiger charge is -2.24. The highest BCUT2D eigenvalue weighted by atomic mass is 16.8. The average molecular weight is 511 g/mol. The Morgan fingerprint density at radius 3 is 2.62 bits per heavy atom. The minimum atomic E-state index is -0.698. The molecule has 3 heterocycles. The van der Waals surface area contributed by atoms with Crippen LogP contribution >= 0.6 is 0 Å². The van der Waals surface area contributed by atoms with Crippen LogP contribution in [0, 0.1) is 5.92 Å². The van der Waals surface area contributed by atoms with Gasteiger partial charge in [0, 0.05) is 25.7 Å². The highest BCUT2D eigenvalue weighted by Crippen LogP contribution is 2.48. The third kappa shape index (κ3) is 5.14. The second-order valence-electron chi connectivity index (χ2n) is 10.1. The number of rotatable bonds is 9. The third-order valence-corrected chi connectivity index (χ3v) is 7.12. The van der Waals surface area contributed by atoms with Gasteiger partial charge in [0.25, 0.3) is 0 Å². The Hall–Kier alpha value is -3.21. The quantitative estimate of drug-likeness (QED) is 0.402. The molecule has 1 saturated carbocycles. The van der Waals surface area contributed by atoms with E-state index in [1.165, 1.54) is 7.11 Å². The molecule has 10 heteroatoms. The number of fused-ring (bicyclic) bond motifs is 2. The molecule has 1 aliphatic carbocycles. The van der Waals surface area contributed by atoms with Gasteiger partial charge in [-0.05, 0) is 44.0 Å². The molecule has 2 aliphatic rings. The van der Waals surface area contributed by atoms with Crippen molar-refractivity contribution in [2.75, 3.05) is 39.4 Å². The number of methoxy groups -OCH3 is 2. The number of hydrogen-bond acceptors (Lipinski definition) is 9. The summed E-state index contributed by atoms with van der Waals surface area (Å²) in [6.07, 6.45) is 4.13. The largest absolute Gasteiger partial charge is 0.497 e. The molecule has 2 fully saturated rings. The summed E-state index contributed by atoms with van der Waals surface area (Å²) >= 11 is 0. The van der Waals surface area contributed by atoms with Crippen LogP contribution in [0.1, 0.15) is 31.9 Å². The van der Waals surface area contributed by atoms with Crippen molar-refractivity contribution < 1.29 is 28.5 Å². The summed E-state index contributed by atoms with van der Waals surface area (Å²) in [6.45, 7) is 4.85. The van der Waals surface area contributed by atoms with Crippen molar-refractivity contribution in [2.24, 2.45) is 5.92 Å². The Balaban J connectivity index is 1.38. The second-order valence-corrected chi connectivity index (χ2v) is 10.1. The van der Waals surface area contributed by atoms with Crippen molar-refractivity contribution in [3.05, 3.63) is 48.4 Å². The first-order valence-electron chi connectivity index (χ1n) is 12.5. The first-order chi connectivity index (χ1) is 17.8. The van der Waals surface area contributed by atoms with E-state index in [0.717, 1.165) is 34.6 Å². The maximum atomic E-state index is 11.5. The van der Waals surface area contributed by atoms with E-state index in [-0.39, 0.29) is 30.8 Å². The van der Waals surface area contributed by atoms with Gasteiger partial charge in [-0.1, -0.05) is 12.1 Å². The van der Waals surface area contributed by atoms with Gasteiger partial charge in [-0.15, -0.1) is 0 Å². The Morgan fingerprint density at radius 2 is 1.89 bits per heavy atom. The number of benzene rings is 1. The zero-order chi connectivity index (χ0) is 26.2. The monoisotopic (exact) mass is 510 g/mol. The molecule has 1 aromatic carbocycles. The standard InChI is InChI=1S/C27H34N4O6/c1-27(2)36-23-18(14-35-15-22(32)34-5)12-21(24(23)37-27)31-11-10-20-25(28-16-29-26(20)31)30(3)13-17-6-8-19(33-4)9-7-17/h6-11,16,18,21,23-24H,12-15H2,1-5H3/t18-,21-,23-,24+/m1/s1. The van der Waals surface area contributed by atoms with Gasteiger partial charge in [-0.2, -0.15) is 0 Å². The Bertz CT molecular complexity index is 1240. The first kappa shape index (κ1) is 25.4. The summed E-state index contributed by atoms with van der Waals surface area (Å²) < 4.78 is 30.4. The van der Waals surface area contributed by atoms with Gasteiger partial charge < -0.3 is 33.2 Å². The van der Waals surface area contributed by atoms with Crippen molar-refractivity contribution in [2.45, 2.75) is 50.8 Å². The molecule has 5 rings (SSSR count). The second kappa shape index (κ2) is 10.3. The van der Waals surface area contributed by atoms with Crippen LogP contribution in [0.3, 0.4) is 0 Å².